The number of hydrogen-bond acceptors (Lipinski definition) is 3. The molecule has 1 N–H and O–H groups in total. The van der Waals surface area contributed by atoms with Crippen LogP contribution < -0.4 is 9.64 Å². The third-order valence-electron chi connectivity index (χ3n) is 5.61. The van der Waals surface area contributed by atoms with Crippen molar-refractivity contribution in [2.45, 2.75) is 13.5 Å². The highest BCUT2D eigenvalue weighted by Crippen LogP contribution is 2.19. The van der Waals surface area contributed by atoms with E-state index in [1.807, 2.05) is 46.8 Å². The standard InChI is InChI=1S/C23H26N4O2/c1-18-22(16-24-27(18)20-8-10-21(29-2)11-9-20)23(28)26-14-12-25(13-15-26)17-19-6-4-3-5-7-19/h3-11,16H,12-15,17H2,1-2H3/p+1. The van der Waals surface area contributed by atoms with Gasteiger partial charge >= 0.3 is 0 Å². The maximum Gasteiger partial charge on any atom is 0.257 e. The molecule has 4 rings (SSSR count). The van der Waals surface area contributed by atoms with Gasteiger partial charge in [-0.15, -0.1) is 0 Å². The number of quaternary nitrogens is 1. The average Bonchev–Trinajstić information content (AvgIpc) is 3.16. The van der Waals surface area contributed by atoms with Crippen molar-refractivity contribution >= 4 is 5.91 Å². The number of aromatic nitrogens is 2. The van der Waals surface area contributed by atoms with E-state index in [0.717, 1.165) is 49.9 Å². The number of carbonyl (C=O) groups excluding carboxylic acids is 1. The summed E-state index contributed by atoms with van der Waals surface area (Å²) in [7, 11) is 1.65. The van der Waals surface area contributed by atoms with Crippen LogP contribution in [0.25, 0.3) is 5.69 Å². The predicted molar refractivity (Wildman–Crippen MR) is 112 cm³/mol. The second-order valence-electron chi connectivity index (χ2n) is 7.46. The third-order valence-corrected chi connectivity index (χ3v) is 5.61. The van der Waals surface area contributed by atoms with Crippen molar-refractivity contribution in [1.29, 1.82) is 0 Å². The Bertz CT molecular complexity index is 958. The van der Waals surface area contributed by atoms with Gasteiger partial charge in [0.15, 0.2) is 0 Å². The number of hydrogen-bond donors (Lipinski definition) is 1. The summed E-state index contributed by atoms with van der Waals surface area (Å²) in [6.45, 7) is 6.43. The van der Waals surface area contributed by atoms with E-state index >= 15 is 0 Å². The summed E-state index contributed by atoms with van der Waals surface area (Å²) in [5.41, 5.74) is 3.80. The van der Waals surface area contributed by atoms with E-state index in [0.29, 0.717) is 5.56 Å². The lowest BCUT2D eigenvalue weighted by Crippen LogP contribution is -3.13. The van der Waals surface area contributed by atoms with Crippen LogP contribution in [0.1, 0.15) is 21.6 Å². The molecule has 0 atom stereocenters. The van der Waals surface area contributed by atoms with Gasteiger partial charge in [-0.05, 0) is 31.2 Å². The molecular weight excluding hydrogens is 364 g/mol. The second-order valence-corrected chi connectivity index (χ2v) is 7.46. The summed E-state index contributed by atoms with van der Waals surface area (Å²) in [6.07, 6.45) is 1.69. The SMILES string of the molecule is COc1ccc(-n2ncc(C(=O)N3CC[NH+](Cc4ccccc4)CC3)c2C)cc1. The molecule has 1 aromatic heterocycles. The highest BCUT2D eigenvalue weighted by molar-refractivity contribution is 5.95. The van der Waals surface area contributed by atoms with E-state index in [1.54, 1.807) is 13.3 Å². The molecule has 2 heterocycles. The van der Waals surface area contributed by atoms with Gasteiger partial charge in [-0.2, -0.15) is 5.10 Å². The van der Waals surface area contributed by atoms with E-state index < -0.39 is 0 Å². The van der Waals surface area contributed by atoms with Crippen LogP contribution in [-0.2, 0) is 6.54 Å². The van der Waals surface area contributed by atoms with Crippen LogP contribution in [0.15, 0.2) is 60.8 Å². The molecule has 0 radical (unpaired) electrons. The number of rotatable bonds is 5. The summed E-state index contributed by atoms with van der Waals surface area (Å²) in [6, 6.07) is 18.2. The summed E-state index contributed by atoms with van der Waals surface area (Å²) >= 11 is 0. The topological polar surface area (TPSA) is 51.8 Å². The summed E-state index contributed by atoms with van der Waals surface area (Å²) < 4.78 is 7.02. The minimum absolute atomic E-state index is 0.0704. The van der Waals surface area contributed by atoms with Gasteiger partial charge in [0.05, 0.1) is 56.4 Å². The molecule has 1 aliphatic rings. The molecule has 3 aromatic rings. The van der Waals surface area contributed by atoms with Crippen molar-refractivity contribution in [3.05, 3.63) is 77.6 Å². The van der Waals surface area contributed by atoms with E-state index in [1.165, 1.54) is 10.5 Å². The number of piperazine rings is 1. The number of nitrogens with one attached hydrogen (secondary N) is 1. The molecule has 0 aliphatic carbocycles. The predicted octanol–water partition coefficient (Wildman–Crippen LogP) is 1.73. The van der Waals surface area contributed by atoms with Gasteiger partial charge in [0.25, 0.3) is 5.91 Å². The van der Waals surface area contributed by atoms with Crippen LogP contribution in [0.3, 0.4) is 0 Å². The number of methoxy groups -OCH3 is 1. The Hall–Kier alpha value is -3.12. The lowest BCUT2D eigenvalue weighted by atomic mass is 10.1. The van der Waals surface area contributed by atoms with Crippen molar-refractivity contribution < 1.29 is 14.4 Å². The summed E-state index contributed by atoms with van der Waals surface area (Å²) in [5, 5.41) is 4.45. The Labute approximate surface area is 171 Å². The molecular formula is C23H27N4O2+. The van der Waals surface area contributed by atoms with Crippen LogP contribution >= 0.6 is 0 Å². The molecule has 1 saturated heterocycles. The van der Waals surface area contributed by atoms with Crippen molar-refractivity contribution in [2.75, 3.05) is 33.3 Å². The summed E-state index contributed by atoms with van der Waals surface area (Å²) in [5.74, 6) is 0.867. The highest BCUT2D eigenvalue weighted by Gasteiger charge is 2.27. The Kier molecular flexibility index (Phi) is 5.62. The summed E-state index contributed by atoms with van der Waals surface area (Å²) in [4.78, 5) is 16.5. The van der Waals surface area contributed by atoms with Gasteiger partial charge in [0, 0.05) is 5.56 Å². The number of amides is 1. The molecule has 29 heavy (non-hydrogen) atoms. The van der Waals surface area contributed by atoms with Gasteiger partial charge < -0.3 is 14.5 Å². The van der Waals surface area contributed by atoms with Crippen molar-refractivity contribution in [1.82, 2.24) is 14.7 Å². The Balaban J connectivity index is 1.41. The second kappa shape index (κ2) is 8.49. The average molecular weight is 391 g/mol. The van der Waals surface area contributed by atoms with E-state index in [-0.39, 0.29) is 5.91 Å². The van der Waals surface area contributed by atoms with Gasteiger partial charge in [0.2, 0.25) is 0 Å². The fourth-order valence-corrected chi connectivity index (χ4v) is 3.86. The number of ether oxygens (including phenoxy) is 1. The number of nitrogens with zero attached hydrogens (tertiary/aromatic N) is 3. The van der Waals surface area contributed by atoms with Crippen molar-refractivity contribution in [3.63, 3.8) is 0 Å². The zero-order valence-electron chi connectivity index (χ0n) is 17.0. The van der Waals surface area contributed by atoms with Crippen LogP contribution in [0.5, 0.6) is 5.75 Å². The smallest absolute Gasteiger partial charge is 0.257 e. The first-order valence-corrected chi connectivity index (χ1v) is 10.0. The zero-order chi connectivity index (χ0) is 20.2. The normalized spacial score (nSPS) is 14.8. The molecule has 1 fully saturated rings. The molecule has 6 nitrogen and oxygen atoms in total. The lowest BCUT2D eigenvalue weighted by molar-refractivity contribution is -0.917. The molecule has 0 spiro atoms. The molecule has 0 unspecified atom stereocenters. The number of carbonyl (C=O) groups is 1. The molecule has 150 valence electrons. The Morgan fingerprint density at radius 2 is 1.76 bits per heavy atom. The molecule has 2 aromatic carbocycles. The fraction of sp³-hybridized carbons (Fsp3) is 0.304. The van der Waals surface area contributed by atoms with Crippen LogP contribution in [0.2, 0.25) is 0 Å². The van der Waals surface area contributed by atoms with E-state index in [4.69, 9.17) is 4.74 Å². The monoisotopic (exact) mass is 391 g/mol. The van der Waals surface area contributed by atoms with Crippen LogP contribution in [-0.4, -0.2) is 53.9 Å². The first-order valence-electron chi connectivity index (χ1n) is 10.0. The van der Waals surface area contributed by atoms with Gasteiger partial charge in [0.1, 0.15) is 12.3 Å². The maximum absolute atomic E-state index is 13.1. The van der Waals surface area contributed by atoms with Crippen molar-refractivity contribution in [3.8, 4) is 11.4 Å². The Morgan fingerprint density at radius 3 is 2.41 bits per heavy atom. The van der Waals surface area contributed by atoms with Crippen LogP contribution in [0, 0.1) is 6.92 Å². The van der Waals surface area contributed by atoms with Gasteiger partial charge in [-0.3, -0.25) is 4.79 Å². The Morgan fingerprint density at radius 1 is 1.07 bits per heavy atom. The molecule has 1 aliphatic heterocycles. The van der Waals surface area contributed by atoms with Crippen LogP contribution in [0.4, 0.5) is 0 Å². The van der Waals surface area contributed by atoms with E-state index in [2.05, 4.69) is 29.4 Å². The zero-order valence-corrected chi connectivity index (χ0v) is 17.0. The quantitative estimate of drug-likeness (QED) is 0.721. The first kappa shape index (κ1) is 19.2. The molecule has 6 heteroatoms. The molecule has 1 amide bonds. The minimum atomic E-state index is 0.0704. The largest absolute Gasteiger partial charge is 0.497 e. The maximum atomic E-state index is 13.1. The molecule has 0 bridgehead atoms. The third kappa shape index (κ3) is 4.17. The lowest BCUT2D eigenvalue weighted by Gasteiger charge is -2.32. The highest BCUT2D eigenvalue weighted by atomic mass is 16.5. The van der Waals surface area contributed by atoms with E-state index in [9.17, 15) is 4.79 Å². The first-order chi connectivity index (χ1) is 14.2. The minimum Gasteiger partial charge on any atom is -0.497 e. The number of benzene rings is 2. The fourth-order valence-electron chi connectivity index (χ4n) is 3.86. The van der Waals surface area contributed by atoms with Gasteiger partial charge in [-0.25, -0.2) is 4.68 Å². The van der Waals surface area contributed by atoms with Gasteiger partial charge in [-0.1, -0.05) is 30.3 Å². The molecule has 0 saturated carbocycles. The van der Waals surface area contributed by atoms with Crippen molar-refractivity contribution in [2.24, 2.45) is 0 Å².